The molecule has 0 saturated heterocycles. The van der Waals surface area contributed by atoms with Crippen molar-refractivity contribution in [2.45, 2.75) is 12.5 Å². The molecule has 0 aliphatic carbocycles. The smallest absolute Gasteiger partial charge is 0.124 e. The number of aliphatic hydroxyl groups excluding tert-OH is 1. The first-order valence-electron chi connectivity index (χ1n) is 4.81. The Kier molecular flexibility index (Phi) is 3.74. The first kappa shape index (κ1) is 11.8. The lowest BCUT2D eigenvalue weighted by Gasteiger charge is -2.09. The highest BCUT2D eigenvalue weighted by Gasteiger charge is 2.10. The van der Waals surface area contributed by atoms with Crippen molar-refractivity contribution < 1.29 is 9.50 Å². The fraction of sp³-hybridized carbons (Fsp3) is 0.167. The van der Waals surface area contributed by atoms with Crippen molar-refractivity contribution in [3.05, 3.63) is 56.4 Å². The zero-order chi connectivity index (χ0) is 11.5. The second-order valence-corrected chi connectivity index (χ2v) is 5.41. The van der Waals surface area contributed by atoms with E-state index in [0.717, 1.165) is 10.4 Å². The summed E-state index contributed by atoms with van der Waals surface area (Å²) < 4.78 is 13.8. The molecular weight excluding hydrogens is 291 g/mol. The van der Waals surface area contributed by atoms with E-state index in [0.29, 0.717) is 10.9 Å². The third-order valence-electron chi connectivity index (χ3n) is 2.22. The van der Waals surface area contributed by atoms with E-state index in [4.69, 9.17) is 0 Å². The molecule has 0 bridgehead atoms. The van der Waals surface area contributed by atoms with E-state index in [1.54, 1.807) is 0 Å². The van der Waals surface area contributed by atoms with Gasteiger partial charge in [-0.15, -0.1) is 11.3 Å². The fourth-order valence-electron chi connectivity index (χ4n) is 1.53. The van der Waals surface area contributed by atoms with Crippen molar-refractivity contribution in [3.63, 3.8) is 0 Å². The van der Waals surface area contributed by atoms with Crippen LogP contribution in [-0.2, 0) is 6.42 Å². The molecule has 4 heteroatoms. The van der Waals surface area contributed by atoms with Crippen LogP contribution in [0.5, 0.6) is 0 Å². The standard InChI is InChI=1S/C12H10BrFOS/c13-9-4-8(5-10(14)7-9)6-11(15)12-2-1-3-16-12/h1-5,7,11,15H,6H2. The Morgan fingerprint density at radius 2 is 2.19 bits per heavy atom. The number of aliphatic hydroxyl groups is 1. The van der Waals surface area contributed by atoms with Gasteiger partial charge in [-0.05, 0) is 35.2 Å². The van der Waals surface area contributed by atoms with Crippen molar-refractivity contribution in [1.82, 2.24) is 0 Å². The van der Waals surface area contributed by atoms with Gasteiger partial charge in [0.25, 0.3) is 0 Å². The lowest BCUT2D eigenvalue weighted by Crippen LogP contribution is -1.99. The van der Waals surface area contributed by atoms with Gasteiger partial charge in [-0.25, -0.2) is 4.39 Å². The molecule has 1 aromatic heterocycles. The summed E-state index contributed by atoms with van der Waals surface area (Å²) in [6.07, 6.45) is -0.134. The van der Waals surface area contributed by atoms with Crippen LogP contribution in [0.2, 0.25) is 0 Å². The van der Waals surface area contributed by atoms with Gasteiger partial charge in [-0.3, -0.25) is 0 Å². The first-order valence-corrected chi connectivity index (χ1v) is 6.49. The van der Waals surface area contributed by atoms with Gasteiger partial charge in [-0.1, -0.05) is 22.0 Å². The van der Waals surface area contributed by atoms with Crippen LogP contribution in [0.15, 0.2) is 40.2 Å². The van der Waals surface area contributed by atoms with Gasteiger partial charge in [0.2, 0.25) is 0 Å². The molecule has 0 radical (unpaired) electrons. The fourth-order valence-corrected chi connectivity index (χ4v) is 2.76. The zero-order valence-corrected chi connectivity index (χ0v) is 10.8. The normalized spacial score (nSPS) is 12.7. The molecule has 1 atom stereocenters. The molecule has 1 nitrogen and oxygen atoms in total. The van der Waals surface area contributed by atoms with Gasteiger partial charge in [-0.2, -0.15) is 0 Å². The molecule has 1 N–H and O–H groups in total. The lowest BCUT2D eigenvalue weighted by atomic mass is 10.1. The lowest BCUT2D eigenvalue weighted by molar-refractivity contribution is 0.182. The second-order valence-electron chi connectivity index (χ2n) is 3.51. The quantitative estimate of drug-likeness (QED) is 0.911. The summed E-state index contributed by atoms with van der Waals surface area (Å²) in [5.74, 6) is -0.289. The molecule has 1 unspecified atom stereocenters. The molecule has 16 heavy (non-hydrogen) atoms. The van der Waals surface area contributed by atoms with Gasteiger partial charge >= 0.3 is 0 Å². The molecule has 0 saturated carbocycles. The topological polar surface area (TPSA) is 20.2 Å². The van der Waals surface area contributed by atoms with Crippen LogP contribution < -0.4 is 0 Å². The SMILES string of the molecule is OC(Cc1cc(F)cc(Br)c1)c1cccs1. The molecular formula is C12H10BrFOS. The minimum atomic E-state index is -0.561. The van der Waals surface area contributed by atoms with Crippen LogP contribution in [0, 0.1) is 5.82 Å². The Hall–Kier alpha value is -0.710. The minimum absolute atomic E-state index is 0.289. The average Bonchev–Trinajstić information content (AvgIpc) is 2.68. The Bertz CT molecular complexity index is 450. The van der Waals surface area contributed by atoms with Crippen LogP contribution in [0.25, 0.3) is 0 Å². The Morgan fingerprint density at radius 1 is 1.38 bits per heavy atom. The Morgan fingerprint density at radius 3 is 2.81 bits per heavy atom. The highest BCUT2D eigenvalue weighted by atomic mass is 79.9. The van der Waals surface area contributed by atoms with E-state index in [1.807, 2.05) is 23.6 Å². The third kappa shape index (κ3) is 2.90. The largest absolute Gasteiger partial charge is 0.387 e. The Balaban J connectivity index is 2.15. The summed E-state index contributed by atoms with van der Waals surface area (Å²) in [5, 5.41) is 11.8. The van der Waals surface area contributed by atoms with E-state index in [1.165, 1.54) is 23.5 Å². The van der Waals surface area contributed by atoms with E-state index in [9.17, 15) is 9.50 Å². The van der Waals surface area contributed by atoms with Crippen LogP contribution in [0.3, 0.4) is 0 Å². The van der Waals surface area contributed by atoms with Crippen molar-refractivity contribution in [3.8, 4) is 0 Å². The maximum absolute atomic E-state index is 13.1. The van der Waals surface area contributed by atoms with E-state index >= 15 is 0 Å². The molecule has 2 rings (SSSR count). The van der Waals surface area contributed by atoms with E-state index < -0.39 is 6.10 Å². The highest BCUT2D eigenvalue weighted by Crippen LogP contribution is 2.24. The minimum Gasteiger partial charge on any atom is -0.387 e. The molecule has 1 aromatic carbocycles. The number of hydrogen-bond donors (Lipinski definition) is 1. The second kappa shape index (κ2) is 5.08. The molecule has 1 heterocycles. The number of thiophene rings is 1. The monoisotopic (exact) mass is 300 g/mol. The molecule has 0 aliphatic rings. The predicted octanol–water partition coefficient (Wildman–Crippen LogP) is 3.93. The van der Waals surface area contributed by atoms with Crippen molar-refractivity contribution in [2.24, 2.45) is 0 Å². The summed E-state index contributed by atoms with van der Waals surface area (Å²) in [6.45, 7) is 0. The highest BCUT2D eigenvalue weighted by molar-refractivity contribution is 9.10. The Labute approximate surface area is 106 Å². The zero-order valence-electron chi connectivity index (χ0n) is 8.36. The molecule has 0 fully saturated rings. The van der Waals surface area contributed by atoms with Gasteiger partial charge in [0.15, 0.2) is 0 Å². The molecule has 0 spiro atoms. The summed E-state index contributed by atoms with van der Waals surface area (Å²) in [4.78, 5) is 0.903. The van der Waals surface area contributed by atoms with Crippen LogP contribution in [0.1, 0.15) is 16.5 Å². The number of halogens is 2. The maximum Gasteiger partial charge on any atom is 0.124 e. The van der Waals surface area contributed by atoms with Crippen LogP contribution in [-0.4, -0.2) is 5.11 Å². The van der Waals surface area contributed by atoms with E-state index in [-0.39, 0.29) is 5.82 Å². The first-order chi connectivity index (χ1) is 7.65. The molecule has 2 aromatic rings. The number of rotatable bonds is 3. The van der Waals surface area contributed by atoms with Crippen molar-refractivity contribution in [1.29, 1.82) is 0 Å². The average molecular weight is 301 g/mol. The van der Waals surface area contributed by atoms with Crippen LogP contribution >= 0.6 is 27.3 Å². The van der Waals surface area contributed by atoms with E-state index in [2.05, 4.69) is 15.9 Å². The summed E-state index contributed by atoms with van der Waals surface area (Å²) >= 11 is 4.74. The van der Waals surface area contributed by atoms with Crippen molar-refractivity contribution >= 4 is 27.3 Å². The van der Waals surface area contributed by atoms with Gasteiger partial charge in [0, 0.05) is 15.8 Å². The summed E-state index contributed by atoms with van der Waals surface area (Å²) in [7, 11) is 0. The third-order valence-corrected chi connectivity index (χ3v) is 3.65. The molecule has 84 valence electrons. The molecule has 0 amide bonds. The van der Waals surface area contributed by atoms with Gasteiger partial charge in [0.05, 0.1) is 6.10 Å². The number of benzene rings is 1. The number of hydrogen-bond acceptors (Lipinski definition) is 2. The summed E-state index contributed by atoms with van der Waals surface area (Å²) in [5.41, 5.74) is 0.785. The van der Waals surface area contributed by atoms with Crippen LogP contribution in [0.4, 0.5) is 4.39 Å². The van der Waals surface area contributed by atoms with Gasteiger partial charge in [0.1, 0.15) is 5.82 Å². The predicted molar refractivity (Wildman–Crippen MR) is 67.1 cm³/mol. The van der Waals surface area contributed by atoms with Gasteiger partial charge < -0.3 is 5.11 Å². The molecule has 0 aliphatic heterocycles. The maximum atomic E-state index is 13.1. The van der Waals surface area contributed by atoms with Crippen molar-refractivity contribution in [2.75, 3.05) is 0 Å². The summed E-state index contributed by atoms with van der Waals surface area (Å²) in [6, 6.07) is 8.44.